The van der Waals surface area contributed by atoms with Crippen molar-refractivity contribution >= 4 is 11.9 Å². The molecule has 3 rings (SSSR count). The molecular formula is C21H23NO5. The van der Waals surface area contributed by atoms with Gasteiger partial charge in [0.05, 0.1) is 13.0 Å². The van der Waals surface area contributed by atoms with Crippen LogP contribution < -0.4 is 14.8 Å². The molecule has 1 N–H and O–H groups in total. The predicted octanol–water partition coefficient (Wildman–Crippen LogP) is 2.35. The van der Waals surface area contributed by atoms with E-state index in [1.54, 1.807) is 0 Å². The summed E-state index contributed by atoms with van der Waals surface area (Å²) in [5.41, 5.74) is 3.16. The van der Waals surface area contributed by atoms with Gasteiger partial charge in [0.15, 0.2) is 18.1 Å². The molecule has 0 bridgehead atoms. The molecule has 1 atom stereocenters. The van der Waals surface area contributed by atoms with Crippen molar-refractivity contribution < 1.29 is 23.8 Å². The quantitative estimate of drug-likeness (QED) is 0.791. The lowest BCUT2D eigenvalue weighted by Gasteiger charge is -2.26. The number of para-hydroxylation sites is 2. The molecule has 0 radical (unpaired) electrons. The zero-order valence-electron chi connectivity index (χ0n) is 15.5. The summed E-state index contributed by atoms with van der Waals surface area (Å²) in [4.78, 5) is 23.8. The molecule has 1 amide bonds. The molecule has 6 nitrogen and oxygen atoms in total. The third-order valence-corrected chi connectivity index (χ3v) is 4.38. The number of carbonyl (C=O) groups is 2. The van der Waals surface area contributed by atoms with Crippen molar-refractivity contribution in [3.8, 4) is 11.5 Å². The molecule has 2 aromatic rings. The van der Waals surface area contributed by atoms with Gasteiger partial charge in [-0.05, 0) is 42.7 Å². The van der Waals surface area contributed by atoms with Crippen LogP contribution in [0.4, 0.5) is 0 Å². The minimum atomic E-state index is -0.431. The monoisotopic (exact) mass is 369 g/mol. The third-order valence-electron chi connectivity index (χ3n) is 4.38. The summed E-state index contributed by atoms with van der Waals surface area (Å²) < 4.78 is 16.4. The first-order valence-electron chi connectivity index (χ1n) is 8.88. The van der Waals surface area contributed by atoms with E-state index in [9.17, 15) is 9.59 Å². The van der Waals surface area contributed by atoms with Crippen LogP contribution in [0.5, 0.6) is 11.5 Å². The summed E-state index contributed by atoms with van der Waals surface area (Å²) in [6.45, 7) is 4.33. The van der Waals surface area contributed by atoms with Gasteiger partial charge in [0.2, 0.25) is 0 Å². The number of carbonyl (C=O) groups excluding carboxylic acids is 2. The van der Waals surface area contributed by atoms with E-state index >= 15 is 0 Å². The van der Waals surface area contributed by atoms with Gasteiger partial charge in [-0.2, -0.15) is 0 Å². The summed E-state index contributed by atoms with van der Waals surface area (Å²) in [6, 6.07) is 13.2. The number of amides is 1. The van der Waals surface area contributed by atoms with Gasteiger partial charge < -0.3 is 19.5 Å². The lowest BCUT2D eigenvalue weighted by molar-refractivity contribution is -0.148. The number of hydrogen-bond donors (Lipinski definition) is 1. The lowest BCUT2D eigenvalue weighted by atomic mass is 10.0. The van der Waals surface area contributed by atoms with Crippen LogP contribution in [0.1, 0.15) is 16.7 Å². The maximum absolute atomic E-state index is 11.9. The number of hydrogen-bond acceptors (Lipinski definition) is 5. The molecule has 0 fully saturated rings. The first-order chi connectivity index (χ1) is 13.0. The van der Waals surface area contributed by atoms with Crippen molar-refractivity contribution in [1.82, 2.24) is 5.32 Å². The summed E-state index contributed by atoms with van der Waals surface area (Å²) >= 11 is 0. The molecule has 1 heterocycles. The fourth-order valence-electron chi connectivity index (χ4n) is 2.72. The van der Waals surface area contributed by atoms with Crippen LogP contribution in [-0.2, 0) is 20.7 Å². The van der Waals surface area contributed by atoms with E-state index in [1.807, 2.05) is 56.3 Å². The van der Waals surface area contributed by atoms with Gasteiger partial charge in [0, 0.05) is 0 Å². The van der Waals surface area contributed by atoms with Crippen molar-refractivity contribution in [3.05, 3.63) is 59.2 Å². The second-order valence-corrected chi connectivity index (χ2v) is 6.56. The number of aryl methyl sites for hydroxylation is 2. The maximum Gasteiger partial charge on any atom is 0.310 e. The Morgan fingerprint density at radius 3 is 2.67 bits per heavy atom. The van der Waals surface area contributed by atoms with E-state index in [0.717, 1.165) is 11.1 Å². The first-order valence-corrected chi connectivity index (χ1v) is 8.88. The van der Waals surface area contributed by atoms with Gasteiger partial charge >= 0.3 is 5.97 Å². The summed E-state index contributed by atoms with van der Waals surface area (Å²) in [7, 11) is 0. The molecule has 0 aromatic heterocycles. The molecule has 142 valence electrons. The molecule has 0 aliphatic carbocycles. The highest BCUT2D eigenvalue weighted by atomic mass is 16.6. The second-order valence-electron chi connectivity index (χ2n) is 6.56. The Labute approximate surface area is 158 Å². The van der Waals surface area contributed by atoms with Gasteiger partial charge in [-0.3, -0.25) is 9.59 Å². The molecule has 0 unspecified atom stereocenters. The molecule has 0 saturated carbocycles. The van der Waals surface area contributed by atoms with Crippen LogP contribution in [-0.4, -0.2) is 37.7 Å². The number of ether oxygens (including phenoxy) is 3. The fourth-order valence-corrected chi connectivity index (χ4v) is 2.72. The zero-order chi connectivity index (χ0) is 19.2. The van der Waals surface area contributed by atoms with Crippen molar-refractivity contribution in [2.45, 2.75) is 26.4 Å². The normalized spacial score (nSPS) is 15.1. The van der Waals surface area contributed by atoms with Crippen molar-refractivity contribution in [2.75, 3.05) is 19.8 Å². The minimum absolute atomic E-state index is 0.144. The summed E-state index contributed by atoms with van der Waals surface area (Å²) in [5.74, 6) is 0.550. The molecule has 1 aliphatic rings. The molecular weight excluding hydrogens is 346 g/mol. The van der Waals surface area contributed by atoms with Crippen molar-refractivity contribution in [3.63, 3.8) is 0 Å². The number of rotatable bonds is 6. The van der Waals surface area contributed by atoms with E-state index in [1.165, 1.54) is 5.56 Å². The number of fused-ring (bicyclic) bond motifs is 1. The SMILES string of the molecule is Cc1ccc(CC(=O)OCC(=O)NC[C@H]2COc3ccccc3O2)cc1C. The van der Waals surface area contributed by atoms with Crippen LogP contribution in [0, 0.1) is 13.8 Å². The van der Waals surface area contributed by atoms with Gasteiger partial charge in [-0.15, -0.1) is 0 Å². The Balaban J connectivity index is 1.38. The molecule has 2 aromatic carbocycles. The molecule has 27 heavy (non-hydrogen) atoms. The highest BCUT2D eigenvalue weighted by Crippen LogP contribution is 2.30. The van der Waals surface area contributed by atoms with Crippen molar-refractivity contribution in [1.29, 1.82) is 0 Å². The largest absolute Gasteiger partial charge is 0.486 e. The third kappa shape index (κ3) is 5.23. The smallest absolute Gasteiger partial charge is 0.310 e. The molecule has 0 saturated heterocycles. The molecule has 1 aliphatic heterocycles. The number of esters is 1. The molecule has 0 spiro atoms. The van der Waals surface area contributed by atoms with Crippen LogP contribution in [0.15, 0.2) is 42.5 Å². The van der Waals surface area contributed by atoms with E-state index in [2.05, 4.69) is 5.32 Å². The van der Waals surface area contributed by atoms with E-state index in [4.69, 9.17) is 14.2 Å². The standard InChI is InChI=1S/C21H23NO5/c1-14-7-8-16(9-15(14)2)10-21(24)26-13-20(23)22-11-17-12-25-18-5-3-4-6-19(18)27-17/h3-9,17H,10-13H2,1-2H3,(H,22,23)/t17-/m0/s1. The maximum atomic E-state index is 11.9. The van der Waals surface area contributed by atoms with E-state index in [0.29, 0.717) is 18.1 Å². The lowest BCUT2D eigenvalue weighted by Crippen LogP contribution is -2.42. The van der Waals surface area contributed by atoms with Crippen LogP contribution in [0.3, 0.4) is 0 Å². The van der Waals surface area contributed by atoms with Gasteiger partial charge in [0.25, 0.3) is 5.91 Å². The Bertz CT molecular complexity index is 833. The van der Waals surface area contributed by atoms with E-state index < -0.39 is 5.97 Å². The zero-order valence-corrected chi connectivity index (χ0v) is 15.5. The Hall–Kier alpha value is -3.02. The summed E-state index contributed by atoms with van der Waals surface area (Å²) in [5, 5.41) is 2.70. The minimum Gasteiger partial charge on any atom is -0.486 e. The number of nitrogens with one attached hydrogen (secondary N) is 1. The Morgan fingerprint density at radius 1 is 1.11 bits per heavy atom. The Morgan fingerprint density at radius 2 is 1.89 bits per heavy atom. The van der Waals surface area contributed by atoms with Gasteiger partial charge in [0.1, 0.15) is 12.7 Å². The van der Waals surface area contributed by atoms with Crippen molar-refractivity contribution in [2.24, 2.45) is 0 Å². The topological polar surface area (TPSA) is 73.9 Å². The summed E-state index contributed by atoms with van der Waals surface area (Å²) in [6.07, 6.45) is -0.139. The predicted molar refractivity (Wildman–Crippen MR) is 99.9 cm³/mol. The fraction of sp³-hybridized carbons (Fsp3) is 0.333. The van der Waals surface area contributed by atoms with Crippen LogP contribution in [0.2, 0.25) is 0 Å². The molecule has 6 heteroatoms. The van der Waals surface area contributed by atoms with Crippen LogP contribution in [0.25, 0.3) is 0 Å². The first kappa shape index (κ1) is 18.8. The van der Waals surface area contributed by atoms with E-state index in [-0.39, 0.29) is 31.6 Å². The van der Waals surface area contributed by atoms with Gasteiger partial charge in [-0.25, -0.2) is 0 Å². The Kier molecular flexibility index (Phi) is 5.96. The number of benzene rings is 2. The van der Waals surface area contributed by atoms with Crippen LogP contribution >= 0.6 is 0 Å². The van der Waals surface area contributed by atoms with Gasteiger partial charge in [-0.1, -0.05) is 30.3 Å². The second kappa shape index (κ2) is 8.58. The average molecular weight is 369 g/mol. The highest BCUT2D eigenvalue weighted by molar-refractivity contribution is 5.81. The highest BCUT2D eigenvalue weighted by Gasteiger charge is 2.21. The average Bonchev–Trinajstić information content (AvgIpc) is 2.67.